The lowest BCUT2D eigenvalue weighted by Crippen LogP contribution is -2.50. The predicted molar refractivity (Wildman–Crippen MR) is 56.8 cm³/mol. The van der Waals surface area contributed by atoms with Crippen LogP contribution >= 0.6 is 0 Å². The van der Waals surface area contributed by atoms with Gasteiger partial charge in [-0.3, -0.25) is 5.32 Å². The van der Waals surface area contributed by atoms with Gasteiger partial charge in [-0.1, -0.05) is 20.3 Å². The van der Waals surface area contributed by atoms with Gasteiger partial charge in [-0.05, 0) is 25.9 Å². The molecule has 2 rings (SSSR count). The van der Waals surface area contributed by atoms with E-state index in [4.69, 9.17) is 0 Å². The molecule has 78 valence electrons. The zero-order chi connectivity index (χ0) is 9.57. The molecule has 0 aromatic carbocycles. The summed E-state index contributed by atoms with van der Waals surface area (Å²) in [6.07, 6.45) is 3.81. The maximum atomic E-state index is 3.52. The van der Waals surface area contributed by atoms with Gasteiger partial charge in [-0.25, -0.2) is 0 Å². The zero-order valence-corrected chi connectivity index (χ0v) is 8.95. The molecule has 2 fully saturated rings. The van der Waals surface area contributed by atoms with Crippen molar-refractivity contribution in [2.75, 3.05) is 26.3 Å². The minimum Gasteiger partial charge on any atom is -0.317 e. The molecule has 2 saturated heterocycles. The first-order chi connectivity index (χ1) is 6.33. The molecule has 0 amide bonds. The fourth-order valence-electron chi connectivity index (χ4n) is 1.87. The topological polar surface area (TPSA) is 36.1 Å². The van der Waals surface area contributed by atoms with Crippen LogP contribution in [-0.2, 0) is 0 Å². The molecule has 0 bridgehead atoms. The Morgan fingerprint density at radius 2 is 1.69 bits per heavy atom. The van der Waals surface area contributed by atoms with E-state index in [1.54, 1.807) is 0 Å². The average Bonchev–Trinajstić information content (AvgIpc) is 2.56. The third-order valence-corrected chi connectivity index (χ3v) is 2.61. The van der Waals surface area contributed by atoms with Gasteiger partial charge in [0.25, 0.3) is 0 Å². The van der Waals surface area contributed by atoms with Crippen molar-refractivity contribution < 1.29 is 0 Å². The Morgan fingerprint density at radius 1 is 1.08 bits per heavy atom. The van der Waals surface area contributed by atoms with E-state index >= 15 is 0 Å². The molecule has 0 atom stereocenters. The molecule has 0 aromatic heterocycles. The summed E-state index contributed by atoms with van der Waals surface area (Å²) < 4.78 is 0. The van der Waals surface area contributed by atoms with Crippen LogP contribution in [0.25, 0.3) is 0 Å². The van der Waals surface area contributed by atoms with E-state index < -0.39 is 0 Å². The summed E-state index contributed by atoms with van der Waals surface area (Å²) in [6.45, 7) is 8.76. The van der Waals surface area contributed by atoms with Gasteiger partial charge in [0.2, 0.25) is 0 Å². The van der Waals surface area contributed by atoms with Gasteiger partial charge in [0.15, 0.2) is 0 Å². The second kappa shape index (κ2) is 5.58. The largest absolute Gasteiger partial charge is 0.317 e. The molecule has 2 aliphatic rings. The summed E-state index contributed by atoms with van der Waals surface area (Å²) in [5, 5.41) is 10.2. The zero-order valence-electron chi connectivity index (χ0n) is 8.95. The van der Waals surface area contributed by atoms with Crippen LogP contribution in [-0.4, -0.2) is 31.8 Å². The van der Waals surface area contributed by atoms with E-state index in [2.05, 4.69) is 29.8 Å². The van der Waals surface area contributed by atoms with E-state index in [0.29, 0.717) is 5.54 Å². The Morgan fingerprint density at radius 3 is 2.15 bits per heavy atom. The summed E-state index contributed by atoms with van der Waals surface area (Å²) in [5.74, 6) is 0. The third-order valence-electron chi connectivity index (χ3n) is 2.61. The molecule has 2 aliphatic heterocycles. The molecule has 2 heterocycles. The summed E-state index contributed by atoms with van der Waals surface area (Å²) in [7, 11) is 0. The van der Waals surface area contributed by atoms with Crippen LogP contribution < -0.4 is 16.0 Å². The van der Waals surface area contributed by atoms with Gasteiger partial charge in [0.1, 0.15) is 0 Å². The highest BCUT2D eigenvalue weighted by Crippen LogP contribution is 2.18. The SMILES string of the molecule is C1CC2(CCN1)CNCN2.CCC. The van der Waals surface area contributed by atoms with E-state index in [-0.39, 0.29) is 0 Å². The number of hydrogen-bond acceptors (Lipinski definition) is 3. The number of nitrogens with one attached hydrogen (secondary N) is 3. The van der Waals surface area contributed by atoms with Crippen LogP contribution in [0.1, 0.15) is 33.1 Å². The van der Waals surface area contributed by atoms with Crippen LogP contribution in [0.15, 0.2) is 0 Å². The molecule has 0 aromatic rings. The highest BCUT2D eigenvalue weighted by atomic mass is 15.2. The molecular formula is C10H23N3. The first-order valence-corrected chi connectivity index (χ1v) is 5.49. The quantitative estimate of drug-likeness (QED) is 0.519. The summed E-state index contributed by atoms with van der Waals surface area (Å²) >= 11 is 0. The van der Waals surface area contributed by atoms with Crippen LogP contribution in [0.2, 0.25) is 0 Å². The number of piperidine rings is 1. The Hall–Kier alpha value is -0.120. The maximum absolute atomic E-state index is 3.52. The van der Waals surface area contributed by atoms with Crippen molar-refractivity contribution >= 4 is 0 Å². The smallest absolute Gasteiger partial charge is 0.0459 e. The Labute approximate surface area is 81.7 Å². The first kappa shape index (κ1) is 11.0. The molecule has 0 radical (unpaired) electrons. The first-order valence-electron chi connectivity index (χ1n) is 5.49. The maximum Gasteiger partial charge on any atom is 0.0459 e. The van der Waals surface area contributed by atoms with Gasteiger partial charge >= 0.3 is 0 Å². The summed E-state index contributed by atoms with van der Waals surface area (Å²) in [4.78, 5) is 0. The van der Waals surface area contributed by atoms with Crippen molar-refractivity contribution in [1.82, 2.24) is 16.0 Å². The monoisotopic (exact) mass is 185 g/mol. The van der Waals surface area contributed by atoms with Crippen LogP contribution in [0.5, 0.6) is 0 Å². The highest BCUT2D eigenvalue weighted by Gasteiger charge is 2.33. The molecule has 3 N–H and O–H groups in total. The minimum absolute atomic E-state index is 0.450. The van der Waals surface area contributed by atoms with Crippen molar-refractivity contribution in [2.24, 2.45) is 0 Å². The number of hydrogen-bond donors (Lipinski definition) is 3. The molecule has 3 nitrogen and oxygen atoms in total. The Bertz CT molecular complexity index is 122. The number of rotatable bonds is 0. The minimum atomic E-state index is 0.450. The van der Waals surface area contributed by atoms with Gasteiger partial charge in [0, 0.05) is 18.8 Å². The van der Waals surface area contributed by atoms with Gasteiger partial charge in [0.05, 0.1) is 0 Å². The molecule has 13 heavy (non-hydrogen) atoms. The van der Waals surface area contributed by atoms with Gasteiger partial charge < -0.3 is 10.6 Å². The Kier molecular flexibility index (Phi) is 4.70. The molecular weight excluding hydrogens is 162 g/mol. The van der Waals surface area contributed by atoms with E-state index in [1.165, 1.54) is 32.4 Å². The lowest BCUT2D eigenvalue weighted by atomic mass is 9.90. The molecule has 3 heteroatoms. The summed E-state index contributed by atoms with van der Waals surface area (Å²) in [6, 6.07) is 0. The third kappa shape index (κ3) is 3.25. The van der Waals surface area contributed by atoms with E-state index in [0.717, 1.165) is 13.2 Å². The second-order valence-electron chi connectivity index (χ2n) is 4.02. The van der Waals surface area contributed by atoms with Crippen molar-refractivity contribution in [3.05, 3.63) is 0 Å². The van der Waals surface area contributed by atoms with E-state index in [9.17, 15) is 0 Å². The van der Waals surface area contributed by atoms with Crippen LogP contribution in [0.4, 0.5) is 0 Å². The molecule has 0 unspecified atom stereocenters. The predicted octanol–water partition coefficient (Wildman–Crippen LogP) is 0.675. The van der Waals surface area contributed by atoms with Crippen molar-refractivity contribution in [1.29, 1.82) is 0 Å². The normalized spacial score (nSPS) is 25.4. The molecule has 0 saturated carbocycles. The lowest BCUT2D eigenvalue weighted by molar-refractivity contribution is 0.293. The van der Waals surface area contributed by atoms with Crippen molar-refractivity contribution in [3.8, 4) is 0 Å². The summed E-state index contributed by atoms with van der Waals surface area (Å²) in [5.41, 5.74) is 0.450. The Balaban J connectivity index is 0.000000251. The van der Waals surface area contributed by atoms with Crippen molar-refractivity contribution in [3.63, 3.8) is 0 Å². The fraction of sp³-hybridized carbons (Fsp3) is 1.00. The fourth-order valence-corrected chi connectivity index (χ4v) is 1.87. The second-order valence-corrected chi connectivity index (χ2v) is 4.02. The van der Waals surface area contributed by atoms with Crippen LogP contribution in [0, 0.1) is 0 Å². The average molecular weight is 185 g/mol. The van der Waals surface area contributed by atoms with E-state index in [1.807, 2.05) is 0 Å². The molecule has 0 aliphatic carbocycles. The standard InChI is InChI=1S/C7H15N3.C3H8/c1-3-8-4-2-7(1)5-9-6-10-7;1-3-2/h8-10H,1-6H2;3H2,1-2H3. The van der Waals surface area contributed by atoms with Crippen molar-refractivity contribution in [2.45, 2.75) is 38.6 Å². The van der Waals surface area contributed by atoms with Crippen LogP contribution in [0.3, 0.4) is 0 Å². The highest BCUT2D eigenvalue weighted by molar-refractivity contribution is 4.97. The van der Waals surface area contributed by atoms with Gasteiger partial charge in [-0.15, -0.1) is 0 Å². The lowest BCUT2D eigenvalue weighted by Gasteiger charge is -2.33. The molecule has 1 spiro atoms. The van der Waals surface area contributed by atoms with Gasteiger partial charge in [-0.2, -0.15) is 0 Å².